The van der Waals surface area contributed by atoms with Crippen LogP contribution in [-0.4, -0.2) is 30.6 Å². The summed E-state index contributed by atoms with van der Waals surface area (Å²) in [4.78, 5) is 2.60. The van der Waals surface area contributed by atoms with Crippen molar-refractivity contribution >= 4 is 5.69 Å². The highest BCUT2D eigenvalue weighted by Gasteiger charge is 2.21. The molecule has 0 bridgehead atoms. The number of nitrogens with zero attached hydrogens (tertiary/aromatic N) is 1. The summed E-state index contributed by atoms with van der Waals surface area (Å²) >= 11 is 0. The molecule has 0 spiro atoms. The standard InChI is InChI=1S/C15H24N2O/c1-2-14-5-3-10-17(14)11-4-12-18-15-8-6-13(16)7-9-15/h6-9,14H,2-5,10-12,16H2,1H3. The van der Waals surface area contributed by atoms with Crippen molar-refractivity contribution in [3.05, 3.63) is 24.3 Å². The van der Waals surface area contributed by atoms with Gasteiger partial charge < -0.3 is 15.4 Å². The molecule has 1 aliphatic rings. The molecule has 1 aromatic carbocycles. The van der Waals surface area contributed by atoms with E-state index in [0.717, 1.165) is 37.1 Å². The minimum atomic E-state index is 0.783. The molecule has 0 aliphatic carbocycles. The van der Waals surface area contributed by atoms with Crippen molar-refractivity contribution in [2.75, 3.05) is 25.4 Å². The van der Waals surface area contributed by atoms with E-state index in [2.05, 4.69) is 11.8 Å². The Bertz CT molecular complexity index is 350. The fourth-order valence-corrected chi connectivity index (χ4v) is 2.67. The zero-order valence-electron chi connectivity index (χ0n) is 11.3. The first kappa shape index (κ1) is 13.2. The molecule has 1 aromatic rings. The fraction of sp³-hybridized carbons (Fsp3) is 0.600. The number of hydrogen-bond acceptors (Lipinski definition) is 3. The topological polar surface area (TPSA) is 38.5 Å². The van der Waals surface area contributed by atoms with Crippen LogP contribution in [0, 0.1) is 0 Å². The van der Waals surface area contributed by atoms with E-state index in [0.29, 0.717) is 0 Å². The number of nitrogens with two attached hydrogens (primary N) is 1. The van der Waals surface area contributed by atoms with E-state index in [1.54, 1.807) is 0 Å². The van der Waals surface area contributed by atoms with Crippen LogP contribution in [0.1, 0.15) is 32.6 Å². The van der Waals surface area contributed by atoms with E-state index >= 15 is 0 Å². The average molecular weight is 248 g/mol. The molecule has 2 rings (SSSR count). The van der Waals surface area contributed by atoms with E-state index in [4.69, 9.17) is 10.5 Å². The lowest BCUT2D eigenvalue weighted by Gasteiger charge is -2.23. The molecule has 1 aliphatic heterocycles. The van der Waals surface area contributed by atoms with Crippen LogP contribution in [-0.2, 0) is 0 Å². The van der Waals surface area contributed by atoms with E-state index in [1.165, 1.54) is 25.8 Å². The van der Waals surface area contributed by atoms with Crippen LogP contribution in [0.2, 0.25) is 0 Å². The largest absolute Gasteiger partial charge is 0.494 e. The number of benzene rings is 1. The van der Waals surface area contributed by atoms with E-state index in [1.807, 2.05) is 24.3 Å². The summed E-state index contributed by atoms with van der Waals surface area (Å²) < 4.78 is 5.71. The normalized spacial score (nSPS) is 20.2. The first-order chi connectivity index (χ1) is 8.79. The van der Waals surface area contributed by atoms with Crippen LogP contribution in [0.5, 0.6) is 5.75 Å². The Balaban J connectivity index is 1.65. The summed E-state index contributed by atoms with van der Waals surface area (Å²) in [5, 5.41) is 0. The molecule has 18 heavy (non-hydrogen) atoms. The van der Waals surface area contributed by atoms with Crippen molar-refractivity contribution < 1.29 is 4.74 Å². The monoisotopic (exact) mass is 248 g/mol. The second kappa shape index (κ2) is 6.64. The lowest BCUT2D eigenvalue weighted by atomic mass is 10.2. The zero-order valence-corrected chi connectivity index (χ0v) is 11.3. The summed E-state index contributed by atoms with van der Waals surface area (Å²) in [5.41, 5.74) is 6.42. The van der Waals surface area contributed by atoms with Gasteiger partial charge in [0.15, 0.2) is 0 Å². The summed E-state index contributed by atoms with van der Waals surface area (Å²) in [6.45, 7) is 5.50. The van der Waals surface area contributed by atoms with Gasteiger partial charge in [0.25, 0.3) is 0 Å². The number of nitrogen functional groups attached to an aromatic ring is 1. The molecular formula is C15H24N2O. The Morgan fingerprint density at radius 2 is 2.11 bits per heavy atom. The molecule has 1 fully saturated rings. The van der Waals surface area contributed by atoms with Gasteiger partial charge >= 0.3 is 0 Å². The maximum absolute atomic E-state index is 5.71. The molecule has 100 valence electrons. The Kier molecular flexibility index (Phi) is 4.88. The Labute approximate surface area is 110 Å². The SMILES string of the molecule is CCC1CCCN1CCCOc1ccc(N)cc1. The molecule has 1 heterocycles. The minimum Gasteiger partial charge on any atom is -0.494 e. The van der Waals surface area contributed by atoms with E-state index < -0.39 is 0 Å². The number of rotatable bonds is 6. The fourth-order valence-electron chi connectivity index (χ4n) is 2.67. The second-order valence-corrected chi connectivity index (χ2v) is 5.01. The molecule has 0 aromatic heterocycles. The van der Waals surface area contributed by atoms with Gasteiger partial charge in [-0.1, -0.05) is 6.92 Å². The molecule has 2 N–H and O–H groups in total. The number of likely N-dealkylation sites (tertiary alicyclic amines) is 1. The van der Waals surface area contributed by atoms with Crippen molar-refractivity contribution in [3.63, 3.8) is 0 Å². The Morgan fingerprint density at radius 1 is 1.33 bits per heavy atom. The highest BCUT2D eigenvalue weighted by Crippen LogP contribution is 2.20. The van der Waals surface area contributed by atoms with Gasteiger partial charge in [-0.3, -0.25) is 0 Å². The molecule has 1 unspecified atom stereocenters. The summed E-state index contributed by atoms with van der Waals surface area (Å²) in [7, 11) is 0. The average Bonchev–Trinajstić information content (AvgIpc) is 2.84. The van der Waals surface area contributed by atoms with Crippen LogP contribution in [0.25, 0.3) is 0 Å². The van der Waals surface area contributed by atoms with Crippen LogP contribution >= 0.6 is 0 Å². The maximum atomic E-state index is 5.71. The van der Waals surface area contributed by atoms with Crippen LogP contribution < -0.4 is 10.5 Å². The van der Waals surface area contributed by atoms with Crippen LogP contribution in [0.3, 0.4) is 0 Å². The third-order valence-electron chi connectivity index (χ3n) is 3.71. The zero-order chi connectivity index (χ0) is 12.8. The number of anilines is 1. The predicted molar refractivity (Wildman–Crippen MR) is 75.9 cm³/mol. The summed E-state index contributed by atoms with van der Waals surface area (Å²) in [5.74, 6) is 0.915. The Morgan fingerprint density at radius 3 is 2.83 bits per heavy atom. The highest BCUT2D eigenvalue weighted by molar-refractivity contribution is 5.41. The quantitative estimate of drug-likeness (QED) is 0.621. The Hall–Kier alpha value is -1.22. The van der Waals surface area contributed by atoms with Crippen molar-refractivity contribution in [2.45, 2.75) is 38.6 Å². The second-order valence-electron chi connectivity index (χ2n) is 5.01. The van der Waals surface area contributed by atoms with Gasteiger partial charge in [0, 0.05) is 18.3 Å². The first-order valence-corrected chi connectivity index (χ1v) is 7.02. The summed E-state index contributed by atoms with van der Waals surface area (Å²) in [6.07, 6.45) is 5.10. The third-order valence-corrected chi connectivity index (χ3v) is 3.71. The number of ether oxygens (including phenoxy) is 1. The molecule has 1 saturated heterocycles. The minimum absolute atomic E-state index is 0.783. The van der Waals surface area contributed by atoms with Gasteiger partial charge in [0.05, 0.1) is 6.61 Å². The smallest absolute Gasteiger partial charge is 0.119 e. The van der Waals surface area contributed by atoms with Gasteiger partial charge in [-0.2, -0.15) is 0 Å². The molecule has 0 amide bonds. The molecular weight excluding hydrogens is 224 g/mol. The van der Waals surface area contributed by atoms with E-state index in [-0.39, 0.29) is 0 Å². The van der Waals surface area contributed by atoms with Gasteiger partial charge in [0.1, 0.15) is 5.75 Å². The van der Waals surface area contributed by atoms with Crippen molar-refractivity contribution in [2.24, 2.45) is 0 Å². The van der Waals surface area contributed by atoms with Gasteiger partial charge in [-0.15, -0.1) is 0 Å². The van der Waals surface area contributed by atoms with E-state index in [9.17, 15) is 0 Å². The molecule has 3 heteroatoms. The first-order valence-electron chi connectivity index (χ1n) is 7.02. The maximum Gasteiger partial charge on any atom is 0.119 e. The van der Waals surface area contributed by atoms with Gasteiger partial charge in [-0.25, -0.2) is 0 Å². The number of hydrogen-bond donors (Lipinski definition) is 1. The van der Waals surface area contributed by atoms with Crippen molar-refractivity contribution in [1.29, 1.82) is 0 Å². The molecule has 0 radical (unpaired) electrons. The lowest BCUT2D eigenvalue weighted by Crippen LogP contribution is -2.30. The van der Waals surface area contributed by atoms with Gasteiger partial charge in [-0.05, 0) is 56.5 Å². The summed E-state index contributed by atoms with van der Waals surface area (Å²) in [6, 6.07) is 8.42. The molecule has 3 nitrogen and oxygen atoms in total. The van der Waals surface area contributed by atoms with Crippen LogP contribution in [0.15, 0.2) is 24.3 Å². The molecule has 0 saturated carbocycles. The predicted octanol–water partition coefficient (Wildman–Crippen LogP) is 2.91. The highest BCUT2D eigenvalue weighted by atomic mass is 16.5. The van der Waals surface area contributed by atoms with Crippen molar-refractivity contribution in [1.82, 2.24) is 4.90 Å². The molecule has 1 atom stereocenters. The van der Waals surface area contributed by atoms with Crippen LogP contribution in [0.4, 0.5) is 5.69 Å². The third kappa shape index (κ3) is 3.64. The van der Waals surface area contributed by atoms with Crippen molar-refractivity contribution in [3.8, 4) is 5.75 Å². The lowest BCUT2D eigenvalue weighted by molar-refractivity contribution is 0.217. The van der Waals surface area contributed by atoms with Gasteiger partial charge in [0.2, 0.25) is 0 Å².